The van der Waals surface area contributed by atoms with Crippen LogP contribution in [0.15, 0.2) is 48.6 Å². The number of rotatable bonds is 0. The van der Waals surface area contributed by atoms with Crippen LogP contribution in [0.2, 0.25) is 0 Å². The number of hydrogen-bond acceptors (Lipinski definition) is 1. The maximum Gasteiger partial charge on any atom is 0.0576 e. The molecule has 1 nitrogen and oxygen atoms in total. The van der Waals surface area contributed by atoms with E-state index in [0.717, 1.165) is 0 Å². The van der Waals surface area contributed by atoms with E-state index in [1.807, 2.05) is 0 Å². The van der Waals surface area contributed by atoms with E-state index in [1.54, 1.807) is 0 Å². The molecule has 0 fully saturated rings. The van der Waals surface area contributed by atoms with Crippen LogP contribution in [0.1, 0.15) is 11.5 Å². The summed E-state index contributed by atoms with van der Waals surface area (Å²) in [7, 11) is 2.17. The fourth-order valence-corrected chi connectivity index (χ4v) is 2.40. The molecule has 1 aliphatic heterocycles. The molecule has 0 aromatic heterocycles. The minimum atomic E-state index is 0.510. The Hall–Kier alpha value is -1.50. The summed E-state index contributed by atoms with van der Waals surface area (Å²) in [6.07, 6.45) is 8.86. The molecule has 70 valence electrons. The van der Waals surface area contributed by atoms with Crippen molar-refractivity contribution in [1.29, 1.82) is 0 Å². The molecule has 0 N–H and O–H groups in total. The zero-order chi connectivity index (χ0) is 9.54. The van der Waals surface area contributed by atoms with E-state index in [-0.39, 0.29) is 0 Å². The SMILES string of the molecule is CN1c2cccc(c2)C2C=CC=CC21. The van der Waals surface area contributed by atoms with Crippen LogP contribution in [-0.2, 0) is 0 Å². The van der Waals surface area contributed by atoms with Gasteiger partial charge >= 0.3 is 0 Å². The van der Waals surface area contributed by atoms with Crippen molar-refractivity contribution in [2.75, 3.05) is 11.9 Å². The Bertz CT molecular complexity index is 417. The molecule has 0 spiro atoms. The first kappa shape index (κ1) is 7.86. The van der Waals surface area contributed by atoms with Crippen molar-refractivity contribution in [3.63, 3.8) is 0 Å². The molecule has 2 aliphatic rings. The summed E-state index contributed by atoms with van der Waals surface area (Å²) in [6, 6.07) is 9.33. The van der Waals surface area contributed by atoms with Gasteiger partial charge in [-0.3, -0.25) is 0 Å². The van der Waals surface area contributed by atoms with Gasteiger partial charge in [-0.2, -0.15) is 0 Å². The number of allylic oxidation sites excluding steroid dienone is 2. The summed E-state index contributed by atoms with van der Waals surface area (Å²) < 4.78 is 0. The third-order valence-electron chi connectivity index (χ3n) is 3.22. The molecular weight excluding hydrogens is 170 g/mol. The fourth-order valence-electron chi connectivity index (χ4n) is 2.40. The molecule has 0 radical (unpaired) electrons. The van der Waals surface area contributed by atoms with E-state index in [9.17, 15) is 0 Å². The fraction of sp³-hybridized carbons (Fsp3) is 0.231. The average molecular weight is 183 g/mol. The summed E-state index contributed by atoms with van der Waals surface area (Å²) in [4.78, 5) is 2.34. The minimum absolute atomic E-state index is 0.510. The number of nitrogens with zero attached hydrogens (tertiary/aromatic N) is 1. The number of hydrogen-bond donors (Lipinski definition) is 0. The van der Waals surface area contributed by atoms with Crippen molar-refractivity contribution in [1.82, 2.24) is 0 Å². The largest absolute Gasteiger partial charge is 0.367 e. The summed E-state index contributed by atoms with van der Waals surface area (Å²) in [6.45, 7) is 0. The van der Waals surface area contributed by atoms with Gasteiger partial charge in [0.25, 0.3) is 0 Å². The maximum absolute atomic E-state index is 2.34. The van der Waals surface area contributed by atoms with E-state index >= 15 is 0 Å². The van der Waals surface area contributed by atoms with Crippen LogP contribution in [0.5, 0.6) is 0 Å². The lowest BCUT2D eigenvalue weighted by Crippen LogP contribution is -2.38. The van der Waals surface area contributed by atoms with Crippen LogP contribution in [-0.4, -0.2) is 13.1 Å². The first-order valence-corrected chi connectivity index (χ1v) is 5.04. The van der Waals surface area contributed by atoms with Gasteiger partial charge in [0, 0.05) is 18.7 Å². The quantitative estimate of drug-likeness (QED) is 0.597. The topological polar surface area (TPSA) is 3.24 Å². The van der Waals surface area contributed by atoms with E-state index < -0.39 is 0 Å². The minimum Gasteiger partial charge on any atom is -0.367 e. The lowest BCUT2D eigenvalue weighted by molar-refractivity contribution is 0.650. The lowest BCUT2D eigenvalue weighted by atomic mass is 9.84. The van der Waals surface area contributed by atoms with Crippen molar-refractivity contribution in [3.8, 4) is 0 Å². The number of benzene rings is 1. The highest BCUT2D eigenvalue weighted by molar-refractivity contribution is 5.57. The number of likely N-dealkylation sites (N-methyl/N-ethyl adjacent to an activating group) is 1. The zero-order valence-corrected chi connectivity index (χ0v) is 8.22. The first-order chi connectivity index (χ1) is 6.86. The molecule has 2 atom stereocenters. The van der Waals surface area contributed by atoms with E-state index in [2.05, 4.69) is 60.5 Å². The van der Waals surface area contributed by atoms with Crippen molar-refractivity contribution >= 4 is 5.69 Å². The molecule has 0 saturated carbocycles. The molecule has 1 aliphatic carbocycles. The highest BCUT2D eigenvalue weighted by Gasteiger charge is 2.28. The van der Waals surface area contributed by atoms with Gasteiger partial charge < -0.3 is 4.90 Å². The summed E-state index contributed by atoms with van der Waals surface area (Å²) in [5.41, 5.74) is 2.76. The molecule has 2 unspecified atom stereocenters. The van der Waals surface area contributed by atoms with E-state index in [0.29, 0.717) is 12.0 Å². The highest BCUT2D eigenvalue weighted by atomic mass is 15.1. The second kappa shape index (κ2) is 2.74. The van der Waals surface area contributed by atoms with Crippen LogP contribution in [0, 0.1) is 0 Å². The molecular formula is C13H13N. The normalized spacial score (nSPS) is 27.6. The molecule has 2 bridgehead atoms. The Labute approximate surface area is 84.4 Å². The monoisotopic (exact) mass is 183 g/mol. The van der Waals surface area contributed by atoms with Gasteiger partial charge in [0.05, 0.1) is 6.04 Å². The zero-order valence-electron chi connectivity index (χ0n) is 8.22. The lowest BCUT2D eigenvalue weighted by Gasteiger charge is -2.38. The molecule has 1 heterocycles. The second-order valence-electron chi connectivity index (χ2n) is 3.99. The van der Waals surface area contributed by atoms with Gasteiger partial charge in [0.2, 0.25) is 0 Å². The first-order valence-electron chi connectivity index (χ1n) is 5.04. The molecule has 1 aromatic carbocycles. The Morgan fingerprint density at radius 2 is 2.00 bits per heavy atom. The summed E-state index contributed by atoms with van der Waals surface area (Å²) >= 11 is 0. The van der Waals surface area contributed by atoms with Gasteiger partial charge in [-0.25, -0.2) is 0 Å². The highest BCUT2D eigenvalue weighted by Crippen LogP contribution is 2.36. The van der Waals surface area contributed by atoms with Gasteiger partial charge in [0.15, 0.2) is 0 Å². The molecule has 3 rings (SSSR count). The van der Waals surface area contributed by atoms with E-state index in [4.69, 9.17) is 0 Å². The molecule has 0 amide bonds. The standard InChI is InChI=1S/C13H13N/c1-14-11-6-4-5-10(9-11)12-7-2-3-8-13(12)14/h2-9,12-13H,1H3. The van der Waals surface area contributed by atoms with E-state index in [1.165, 1.54) is 11.3 Å². The molecule has 1 aromatic rings. The summed E-state index contributed by atoms with van der Waals surface area (Å²) in [5, 5.41) is 0. The van der Waals surface area contributed by atoms with Crippen LogP contribution in [0.25, 0.3) is 0 Å². The molecule has 0 saturated heterocycles. The predicted molar refractivity (Wildman–Crippen MR) is 59.7 cm³/mol. The van der Waals surface area contributed by atoms with Crippen LogP contribution < -0.4 is 4.90 Å². The van der Waals surface area contributed by atoms with Crippen LogP contribution in [0.4, 0.5) is 5.69 Å². The number of fused-ring (bicyclic) bond motifs is 4. The summed E-state index contributed by atoms with van der Waals surface area (Å²) in [5.74, 6) is 0.540. The van der Waals surface area contributed by atoms with Gasteiger partial charge in [-0.1, -0.05) is 36.4 Å². The third kappa shape index (κ3) is 0.955. The Morgan fingerprint density at radius 1 is 1.14 bits per heavy atom. The smallest absolute Gasteiger partial charge is 0.0576 e. The Kier molecular flexibility index (Phi) is 1.54. The van der Waals surface area contributed by atoms with Crippen molar-refractivity contribution in [2.24, 2.45) is 0 Å². The molecule has 1 heteroatoms. The average Bonchev–Trinajstić information content (AvgIpc) is 2.27. The van der Waals surface area contributed by atoms with Crippen LogP contribution in [0.3, 0.4) is 0 Å². The van der Waals surface area contributed by atoms with Gasteiger partial charge in [-0.05, 0) is 17.7 Å². The Morgan fingerprint density at radius 3 is 2.93 bits per heavy atom. The third-order valence-corrected chi connectivity index (χ3v) is 3.22. The Balaban J connectivity index is 2.17. The van der Waals surface area contributed by atoms with Crippen LogP contribution >= 0.6 is 0 Å². The van der Waals surface area contributed by atoms with Gasteiger partial charge in [-0.15, -0.1) is 0 Å². The maximum atomic E-state index is 2.34. The van der Waals surface area contributed by atoms with Crippen molar-refractivity contribution < 1.29 is 0 Å². The van der Waals surface area contributed by atoms with Crippen molar-refractivity contribution in [3.05, 3.63) is 54.1 Å². The number of anilines is 1. The second-order valence-corrected chi connectivity index (χ2v) is 3.99. The van der Waals surface area contributed by atoms with Crippen molar-refractivity contribution in [2.45, 2.75) is 12.0 Å². The predicted octanol–water partition coefficient (Wildman–Crippen LogP) is 2.71. The van der Waals surface area contributed by atoms with Gasteiger partial charge in [0.1, 0.15) is 0 Å². The molecule has 14 heavy (non-hydrogen) atoms.